The number of hydrogen-bond donors (Lipinski definition) is 3. The number of nitrogens with one attached hydrogen (secondary N) is 2. The van der Waals surface area contributed by atoms with Crippen LogP contribution in [-0.2, 0) is 9.53 Å². The standard InChI is InChI=1S/C14H10FN3O7/c15-9-2-1-8(5-10(9)18(23)24)16-13(21)6-25-14(22)7-3-11(19)17-12(20)4-7/h1-5H,6H2,(H,16,21)(H2,17,19,20). The summed E-state index contributed by atoms with van der Waals surface area (Å²) in [7, 11) is 0. The predicted octanol–water partition coefficient (Wildman–Crippen LogP) is 0.923. The van der Waals surface area contributed by atoms with Crippen molar-refractivity contribution in [3.05, 3.63) is 62.2 Å². The van der Waals surface area contributed by atoms with Crippen LogP contribution in [0.1, 0.15) is 10.4 Å². The average Bonchev–Trinajstić information content (AvgIpc) is 2.53. The van der Waals surface area contributed by atoms with E-state index in [1.165, 1.54) is 0 Å². The number of nitro benzene ring substituents is 1. The molecule has 0 unspecified atom stereocenters. The summed E-state index contributed by atoms with van der Waals surface area (Å²) in [6.45, 7) is -0.766. The quantitative estimate of drug-likeness (QED) is 0.411. The Bertz CT molecular complexity index is 910. The number of rotatable bonds is 5. The van der Waals surface area contributed by atoms with Crippen molar-refractivity contribution in [2.75, 3.05) is 11.9 Å². The number of H-pyrrole nitrogens is 1. The molecule has 11 heteroatoms. The molecule has 1 aromatic heterocycles. The predicted molar refractivity (Wildman–Crippen MR) is 80.7 cm³/mol. The Hall–Kier alpha value is -3.76. The molecule has 0 atom stereocenters. The Kier molecular flexibility index (Phi) is 5.07. The number of aromatic amines is 1. The second-order valence-corrected chi connectivity index (χ2v) is 4.67. The van der Waals surface area contributed by atoms with E-state index >= 15 is 0 Å². The minimum absolute atomic E-state index is 0.0667. The van der Waals surface area contributed by atoms with Gasteiger partial charge >= 0.3 is 11.7 Å². The number of nitro groups is 1. The van der Waals surface area contributed by atoms with E-state index < -0.39 is 46.4 Å². The fourth-order valence-electron chi connectivity index (χ4n) is 1.79. The Labute approximate surface area is 138 Å². The first kappa shape index (κ1) is 17.6. The van der Waals surface area contributed by atoms with Crippen molar-refractivity contribution in [3.8, 4) is 5.88 Å². The van der Waals surface area contributed by atoms with Gasteiger partial charge in [-0.3, -0.25) is 24.7 Å². The summed E-state index contributed by atoms with van der Waals surface area (Å²) in [5.41, 5.74) is -1.90. The highest BCUT2D eigenvalue weighted by atomic mass is 19.1. The molecular weight excluding hydrogens is 341 g/mol. The number of esters is 1. The van der Waals surface area contributed by atoms with Gasteiger partial charge in [-0.05, 0) is 12.1 Å². The first-order valence-corrected chi connectivity index (χ1v) is 6.60. The molecule has 0 aliphatic carbocycles. The summed E-state index contributed by atoms with van der Waals surface area (Å²) in [6.07, 6.45) is 0. The van der Waals surface area contributed by atoms with Crippen molar-refractivity contribution in [1.82, 2.24) is 4.98 Å². The van der Waals surface area contributed by atoms with Crippen LogP contribution in [0.15, 0.2) is 35.1 Å². The second-order valence-electron chi connectivity index (χ2n) is 4.67. The zero-order valence-electron chi connectivity index (χ0n) is 12.3. The van der Waals surface area contributed by atoms with Gasteiger partial charge in [-0.25, -0.2) is 4.79 Å². The molecule has 130 valence electrons. The fourth-order valence-corrected chi connectivity index (χ4v) is 1.79. The van der Waals surface area contributed by atoms with Gasteiger partial charge in [0.1, 0.15) is 0 Å². The molecule has 2 rings (SSSR count). The van der Waals surface area contributed by atoms with E-state index in [1.807, 2.05) is 4.98 Å². The minimum Gasteiger partial charge on any atom is -0.494 e. The summed E-state index contributed by atoms with van der Waals surface area (Å²) in [4.78, 5) is 46.2. The van der Waals surface area contributed by atoms with Gasteiger partial charge in [-0.2, -0.15) is 4.39 Å². The third-order valence-corrected chi connectivity index (χ3v) is 2.83. The van der Waals surface area contributed by atoms with Crippen molar-refractivity contribution >= 4 is 23.3 Å². The number of pyridine rings is 1. The summed E-state index contributed by atoms with van der Waals surface area (Å²) in [6, 6.07) is 4.51. The van der Waals surface area contributed by atoms with Crippen molar-refractivity contribution in [2.24, 2.45) is 0 Å². The molecule has 0 saturated carbocycles. The lowest BCUT2D eigenvalue weighted by atomic mass is 10.2. The Morgan fingerprint density at radius 2 is 2.04 bits per heavy atom. The molecule has 0 spiro atoms. The van der Waals surface area contributed by atoms with E-state index in [4.69, 9.17) is 0 Å². The molecule has 2 aromatic rings. The number of amides is 1. The van der Waals surface area contributed by atoms with Gasteiger partial charge in [0, 0.05) is 23.9 Å². The molecule has 1 amide bonds. The second kappa shape index (κ2) is 7.21. The minimum atomic E-state index is -1.07. The number of carbonyl (C=O) groups is 2. The van der Waals surface area contributed by atoms with Crippen LogP contribution in [-0.4, -0.2) is 33.5 Å². The van der Waals surface area contributed by atoms with E-state index in [1.54, 1.807) is 0 Å². The number of ether oxygens (including phenoxy) is 1. The summed E-state index contributed by atoms with van der Waals surface area (Å²) >= 11 is 0. The highest BCUT2D eigenvalue weighted by Crippen LogP contribution is 2.21. The van der Waals surface area contributed by atoms with Gasteiger partial charge in [-0.1, -0.05) is 0 Å². The van der Waals surface area contributed by atoms with E-state index in [0.717, 1.165) is 30.3 Å². The maximum absolute atomic E-state index is 13.2. The van der Waals surface area contributed by atoms with Gasteiger partial charge in [-0.15, -0.1) is 0 Å². The van der Waals surface area contributed by atoms with E-state index in [-0.39, 0.29) is 11.3 Å². The third-order valence-electron chi connectivity index (χ3n) is 2.83. The van der Waals surface area contributed by atoms with Crippen molar-refractivity contribution in [2.45, 2.75) is 0 Å². The SMILES string of the molecule is O=C(COC(=O)c1cc(O)[nH]c(=O)c1)Nc1ccc(F)c([N+](=O)[O-])c1. The Balaban J connectivity index is 1.99. The van der Waals surface area contributed by atoms with E-state index in [9.17, 15) is 34.0 Å². The van der Waals surface area contributed by atoms with E-state index in [2.05, 4.69) is 10.1 Å². The Morgan fingerprint density at radius 1 is 1.32 bits per heavy atom. The largest absolute Gasteiger partial charge is 0.494 e. The fraction of sp³-hybridized carbons (Fsp3) is 0.0714. The van der Waals surface area contributed by atoms with Gasteiger partial charge in [0.05, 0.1) is 10.5 Å². The van der Waals surface area contributed by atoms with Crippen LogP contribution in [0, 0.1) is 15.9 Å². The maximum atomic E-state index is 13.2. The van der Waals surface area contributed by atoms with Crippen molar-refractivity contribution < 1.29 is 28.7 Å². The first-order valence-electron chi connectivity index (χ1n) is 6.60. The normalized spacial score (nSPS) is 10.1. The number of anilines is 1. The van der Waals surface area contributed by atoms with Crippen LogP contribution in [0.4, 0.5) is 15.8 Å². The average molecular weight is 351 g/mol. The molecule has 3 N–H and O–H groups in total. The highest BCUT2D eigenvalue weighted by Gasteiger charge is 2.16. The van der Waals surface area contributed by atoms with E-state index in [0.29, 0.717) is 0 Å². The number of benzene rings is 1. The summed E-state index contributed by atoms with van der Waals surface area (Å²) < 4.78 is 17.8. The number of hydrogen-bond acceptors (Lipinski definition) is 7. The van der Waals surface area contributed by atoms with Gasteiger partial charge in [0.15, 0.2) is 12.5 Å². The van der Waals surface area contributed by atoms with Crippen LogP contribution in [0.2, 0.25) is 0 Å². The Morgan fingerprint density at radius 3 is 2.68 bits per heavy atom. The number of nitrogens with zero attached hydrogens (tertiary/aromatic N) is 1. The lowest BCUT2D eigenvalue weighted by Gasteiger charge is -2.07. The molecule has 0 aliphatic rings. The molecule has 10 nitrogen and oxygen atoms in total. The summed E-state index contributed by atoms with van der Waals surface area (Å²) in [5.74, 6) is -3.50. The molecular formula is C14H10FN3O7. The van der Waals surface area contributed by atoms with Crippen LogP contribution < -0.4 is 10.9 Å². The van der Waals surface area contributed by atoms with Crippen molar-refractivity contribution in [1.29, 1.82) is 0 Å². The highest BCUT2D eigenvalue weighted by molar-refractivity contribution is 5.95. The van der Waals surface area contributed by atoms with Crippen molar-refractivity contribution in [3.63, 3.8) is 0 Å². The smallest absolute Gasteiger partial charge is 0.339 e. The lowest BCUT2D eigenvalue weighted by molar-refractivity contribution is -0.387. The molecule has 0 aliphatic heterocycles. The lowest BCUT2D eigenvalue weighted by Crippen LogP contribution is -2.21. The van der Waals surface area contributed by atoms with Crippen LogP contribution >= 0.6 is 0 Å². The number of carbonyl (C=O) groups excluding carboxylic acids is 2. The molecule has 1 aromatic carbocycles. The maximum Gasteiger partial charge on any atom is 0.339 e. The zero-order valence-corrected chi connectivity index (χ0v) is 12.3. The van der Waals surface area contributed by atoms with Crippen LogP contribution in [0.25, 0.3) is 0 Å². The number of halogens is 1. The number of aromatic nitrogens is 1. The van der Waals surface area contributed by atoms with Crippen LogP contribution in [0.3, 0.4) is 0 Å². The monoisotopic (exact) mass is 351 g/mol. The molecule has 0 fully saturated rings. The summed E-state index contributed by atoms with van der Waals surface area (Å²) in [5, 5.41) is 22.0. The molecule has 25 heavy (non-hydrogen) atoms. The molecule has 1 heterocycles. The van der Waals surface area contributed by atoms with Gasteiger partial charge < -0.3 is 15.2 Å². The topological polar surface area (TPSA) is 152 Å². The molecule has 0 radical (unpaired) electrons. The van der Waals surface area contributed by atoms with Gasteiger partial charge in [0.2, 0.25) is 5.82 Å². The molecule has 0 saturated heterocycles. The zero-order chi connectivity index (χ0) is 18.6. The first-order chi connectivity index (χ1) is 11.8. The van der Waals surface area contributed by atoms with Gasteiger partial charge in [0.25, 0.3) is 11.5 Å². The number of aromatic hydroxyl groups is 1. The third kappa shape index (κ3) is 4.60. The molecule has 0 bridgehead atoms. The van der Waals surface area contributed by atoms with Crippen LogP contribution in [0.5, 0.6) is 5.88 Å².